The molecule has 0 bridgehead atoms. The van der Waals surface area contributed by atoms with Crippen LogP contribution in [-0.2, 0) is 6.42 Å². The number of amides is 1. The van der Waals surface area contributed by atoms with Crippen LogP contribution in [0.3, 0.4) is 0 Å². The Morgan fingerprint density at radius 3 is 2.55 bits per heavy atom. The van der Waals surface area contributed by atoms with Crippen molar-refractivity contribution in [2.75, 3.05) is 26.2 Å². The smallest absolute Gasteiger partial charge is 0.254 e. The summed E-state index contributed by atoms with van der Waals surface area (Å²) in [6.45, 7) is 4.17. The second kappa shape index (κ2) is 9.11. The minimum absolute atomic E-state index is 0.179. The van der Waals surface area contributed by atoms with Gasteiger partial charge in [-0.25, -0.2) is 0 Å². The molecule has 0 aliphatic carbocycles. The van der Waals surface area contributed by atoms with Gasteiger partial charge in [-0.2, -0.15) is 0 Å². The van der Waals surface area contributed by atoms with Gasteiger partial charge in [0.25, 0.3) is 5.91 Å². The Kier molecular flexibility index (Phi) is 5.90. The molecule has 0 N–H and O–H groups in total. The van der Waals surface area contributed by atoms with Gasteiger partial charge >= 0.3 is 0 Å². The Hall–Kier alpha value is -2.85. The van der Waals surface area contributed by atoms with E-state index in [0.717, 1.165) is 62.3 Å². The van der Waals surface area contributed by atoms with Gasteiger partial charge in [0.1, 0.15) is 5.76 Å². The van der Waals surface area contributed by atoms with E-state index in [9.17, 15) is 4.79 Å². The van der Waals surface area contributed by atoms with E-state index < -0.39 is 0 Å². The van der Waals surface area contributed by atoms with Gasteiger partial charge < -0.3 is 14.2 Å². The lowest BCUT2D eigenvalue weighted by molar-refractivity contribution is 0.0205. The fourth-order valence-corrected chi connectivity index (χ4v) is 5.25. The number of fused-ring (bicyclic) bond motifs is 1. The zero-order chi connectivity index (χ0) is 21.0. The average molecular weight is 415 g/mol. The van der Waals surface area contributed by atoms with Crippen molar-refractivity contribution in [3.05, 3.63) is 84.1 Å². The lowest BCUT2D eigenvalue weighted by atomic mass is 9.83. The summed E-state index contributed by atoms with van der Waals surface area (Å²) < 4.78 is 5.46. The number of carbonyl (C=O) groups is 1. The van der Waals surface area contributed by atoms with E-state index in [1.165, 1.54) is 12.0 Å². The summed E-state index contributed by atoms with van der Waals surface area (Å²) in [6, 6.07) is 22.8. The molecule has 0 saturated carbocycles. The first-order valence-electron chi connectivity index (χ1n) is 11.5. The highest BCUT2D eigenvalue weighted by molar-refractivity contribution is 5.95. The van der Waals surface area contributed by atoms with Crippen molar-refractivity contribution in [2.45, 2.75) is 31.7 Å². The number of furan rings is 1. The molecule has 2 saturated heterocycles. The molecule has 160 valence electrons. The second-order valence-electron chi connectivity index (χ2n) is 8.85. The fourth-order valence-electron chi connectivity index (χ4n) is 5.25. The number of piperidine rings is 2. The molecule has 0 radical (unpaired) electrons. The number of hydrogen-bond acceptors (Lipinski definition) is 3. The second-order valence-corrected chi connectivity index (χ2v) is 8.85. The van der Waals surface area contributed by atoms with Crippen LogP contribution in [-0.4, -0.2) is 47.9 Å². The van der Waals surface area contributed by atoms with Crippen LogP contribution in [0.25, 0.3) is 11.3 Å². The summed E-state index contributed by atoms with van der Waals surface area (Å²) in [6.07, 6.45) is 6.19. The van der Waals surface area contributed by atoms with E-state index in [-0.39, 0.29) is 5.91 Å². The van der Waals surface area contributed by atoms with E-state index in [2.05, 4.69) is 40.1 Å². The van der Waals surface area contributed by atoms with Gasteiger partial charge in [0.15, 0.2) is 0 Å². The van der Waals surface area contributed by atoms with Gasteiger partial charge in [-0.05, 0) is 61.4 Å². The minimum Gasteiger partial charge on any atom is -0.464 e. The first-order chi connectivity index (χ1) is 15.3. The molecule has 3 heterocycles. The molecule has 2 fully saturated rings. The van der Waals surface area contributed by atoms with Crippen molar-refractivity contribution in [1.29, 1.82) is 0 Å². The number of rotatable bonds is 5. The van der Waals surface area contributed by atoms with Crippen LogP contribution in [0.15, 0.2) is 77.4 Å². The molecule has 2 aliphatic heterocycles. The quantitative estimate of drug-likeness (QED) is 0.582. The normalized spacial score (nSPS) is 21.6. The highest BCUT2D eigenvalue weighted by Gasteiger charge is 2.38. The Bertz CT molecular complexity index is 982. The molecule has 2 aromatic carbocycles. The first-order valence-corrected chi connectivity index (χ1v) is 11.5. The summed E-state index contributed by atoms with van der Waals surface area (Å²) in [7, 11) is 0. The third-order valence-corrected chi connectivity index (χ3v) is 6.91. The molecular formula is C27H30N2O2. The van der Waals surface area contributed by atoms with E-state index in [1.54, 1.807) is 6.26 Å². The molecule has 3 aromatic rings. The van der Waals surface area contributed by atoms with Crippen LogP contribution in [0, 0.1) is 5.92 Å². The van der Waals surface area contributed by atoms with Crippen LogP contribution in [0.1, 0.15) is 35.2 Å². The zero-order valence-electron chi connectivity index (χ0n) is 18.0. The minimum atomic E-state index is 0.179. The van der Waals surface area contributed by atoms with Crippen molar-refractivity contribution in [2.24, 2.45) is 5.92 Å². The Balaban J connectivity index is 1.22. The molecule has 0 spiro atoms. The summed E-state index contributed by atoms with van der Waals surface area (Å²) in [4.78, 5) is 18.1. The SMILES string of the molecule is O=C(c1ccc(-c2ccco2)cc1)N1CCC[C@@H]2CN(CCc3ccccc3)CC[C@@H]21. The van der Waals surface area contributed by atoms with Crippen molar-refractivity contribution in [1.82, 2.24) is 9.80 Å². The Labute approximate surface area is 184 Å². The largest absolute Gasteiger partial charge is 0.464 e. The standard InChI is InChI=1S/C27H30N2O2/c30-27(23-12-10-22(11-13-23)26-9-5-19-31-26)29-16-4-8-24-20-28(18-15-25(24)29)17-14-21-6-2-1-3-7-21/h1-3,5-7,9-13,19,24-25H,4,8,14-18,20H2/t24-,25+/m1/s1. The summed E-state index contributed by atoms with van der Waals surface area (Å²) in [5.74, 6) is 1.60. The predicted molar refractivity (Wildman–Crippen MR) is 123 cm³/mol. The first kappa shape index (κ1) is 20.1. The van der Waals surface area contributed by atoms with Crippen LogP contribution in [0.4, 0.5) is 0 Å². The molecular weight excluding hydrogens is 384 g/mol. The van der Waals surface area contributed by atoms with Gasteiger partial charge in [-0.15, -0.1) is 0 Å². The maximum Gasteiger partial charge on any atom is 0.254 e. The van der Waals surface area contributed by atoms with Gasteiger partial charge in [0.05, 0.1) is 6.26 Å². The topological polar surface area (TPSA) is 36.7 Å². The molecule has 1 amide bonds. The average Bonchev–Trinajstić information content (AvgIpc) is 3.38. The monoisotopic (exact) mass is 414 g/mol. The van der Waals surface area contributed by atoms with E-state index in [4.69, 9.17) is 4.42 Å². The van der Waals surface area contributed by atoms with Gasteiger partial charge in [-0.3, -0.25) is 4.79 Å². The lowest BCUT2D eigenvalue weighted by Crippen LogP contribution is -2.55. The number of carbonyl (C=O) groups excluding carboxylic acids is 1. The maximum atomic E-state index is 13.3. The molecule has 2 atom stereocenters. The number of hydrogen-bond donors (Lipinski definition) is 0. The molecule has 4 heteroatoms. The van der Waals surface area contributed by atoms with Crippen LogP contribution < -0.4 is 0 Å². The Morgan fingerprint density at radius 2 is 1.77 bits per heavy atom. The molecule has 4 nitrogen and oxygen atoms in total. The third kappa shape index (κ3) is 4.45. The maximum absolute atomic E-state index is 13.3. The third-order valence-electron chi connectivity index (χ3n) is 6.91. The van der Waals surface area contributed by atoms with Crippen LogP contribution >= 0.6 is 0 Å². The Morgan fingerprint density at radius 1 is 0.935 bits per heavy atom. The number of nitrogens with zero attached hydrogens (tertiary/aromatic N) is 2. The fraction of sp³-hybridized carbons (Fsp3) is 0.370. The van der Waals surface area contributed by atoms with E-state index in [0.29, 0.717) is 12.0 Å². The van der Waals surface area contributed by atoms with E-state index >= 15 is 0 Å². The van der Waals surface area contributed by atoms with Gasteiger partial charge in [0.2, 0.25) is 0 Å². The number of likely N-dealkylation sites (tertiary alicyclic amines) is 2. The predicted octanol–water partition coefficient (Wildman–Crippen LogP) is 5.12. The van der Waals surface area contributed by atoms with Crippen molar-refractivity contribution in [3.63, 3.8) is 0 Å². The van der Waals surface area contributed by atoms with Crippen LogP contribution in [0.2, 0.25) is 0 Å². The molecule has 31 heavy (non-hydrogen) atoms. The molecule has 2 aliphatic rings. The zero-order valence-corrected chi connectivity index (χ0v) is 18.0. The summed E-state index contributed by atoms with van der Waals surface area (Å²) in [5.41, 5.74) is 3.19. The van der Waals surface area contributed by atoms with Gasteiger partial charge in [-0.1, -0.05) is 42.5 Å². The van der Waals surface area contributed by atoms with Crippen LogP contribution in [0.5, 0.6) is 0 Å². The lowest BCUT2D eigenvalue weighted by Gasteiger charge is -2.47. The van der Waals surface area contributed by atoms with Crippen molar-refractivity contribution < 1.29 is 9.21 Å². The highest BCUT2D eigenvalue weighted by Crippen LogP contribution is 2.32. The highest BCUT2D eigenvalue weighted by atomic mass is 16.3. The molecule has 5 rings (SSSR count). The molecule has 1 aromatic heterocycles. The van der Waals surface area contributed by atoms with E-state index in [1.807, 2.05) is 36.4 Å². The molecule has 0 unspecified atom stereocenters. The van der Waals surface area contributed by atoms with Gasteiger partial charge in [0, 0.05) is 43.3 Å². The summed E-state index contributed by atoms with van der Waals surface area (Å²) in [5, 5.41) is 0. The summed E-state index contributed by atoms with van der Waals surface area (Å²) >= 11 is 0. The number of benzene rings is 2. The van der Waals surface area contributed by atoms with Crippen molar-refractivity contribution in [3.8, 4) is 11.3 Å². The van der Waals surface area contributed by atoms with Crippen molar-refractivity contribution >= 4 is 5.91 Å².